The fourth-order valence-electron chi connectivity index (χ4n) is 5.28. The van der Waals surface area contributed by atoms with Gasteiger partial charge < -0.3 is 14.9 Å². The van der Waals surface area contributed by atoms with Gasteiger partial charge >= 0.3 is 5.97 Å². The summed E-state index contributed by atoms with van der Waals surface area (Å²) in [5.41, 5.74) is 0.460. The van der Waals surface area contributed by atoms with Gasteiger partial charge in [-0.25, -0.2) is 9.18 Å². The van der Waals surface area contributed by atoms with E-state index in [1.165, 1.54) is 38.2 Å². The van der Waals surface area contributed by atoms with Gasteiger partial charge in [0.25, 0.3) is 5.91 Å². The number of amides is 1. The van der Waals surface area contributed by atoms with Gasteiger partial charge in [0.15, 0.2) is 0 Å². The van der Waals surface area contributed by atoms with E-state index in [1.807, 2.05) is 6.92 Å². The lowest BCUT2D eigenvalue weighted by Gasteiger charge is -2.42. The highest BCUT2D eigenvalue weighted by molar-refractivity contribution is 6.08. The Labute approximate surface area is 171 Å². The van der Waals surface area contributed by atoms with E-state index in [-0.39, 0.29) is 41.5 Å². The number of carboxylic acids is 1. The number of halogens is 2. The quantitative estimate of drug-likeness (QED) is 0.808. The predicted octanol–water partition coefficient (Wildman–Crippen LogP) is 4.26. The molecule has 154 valence electrons. The average Bonchev–Trinajstić information content (AvgIpc) is 2.92. The van der Waals surface area contributed by atoms with E-state index >= 15 is 0 Å². The number of benzene rings is 1. The molecule has 1 aromatic rings. The number of hydrogen-bond donors (Lipinski definition) is 1. The largest absolute Gasteiger partial charge is 0.478 e. The van der Waals surface area contributed by atoms with Crippen molar-refractivity contribution in [1.29, 1.82) is 0 Å². The molecule has 1 amide bonds. The summed E-state index contributed by atoms with van der Waals surface area (Å²) in [7, 11) is 0. The number of fused-ring (bicyclic) bond motifs is 1. The van der Waals surface area contributed by atoms with Gasteiger partial charge in [-0.3, -0.25) is 4.79 Å². The maximum Gasteiger partial charge on any atom is 0.336 e. The summed E-state index contributed by atoms with van der Waals surface area (Å²) < 4.78 is 13.9. The van der Waals surface area contributed by atoms with Crippen molar-refractivity contribution in [3.63, 3.8) is 0 Å². The van der Waals surface area contributed by atoms with Crippen LogP contribution < -0.4 is 0 Å². The van der Waals surface area contributed by atoms with Crippen molar-refractivity contribution in [3.05, 3.63) is 34.6 Å². The number of carboxylic acid groups (broad SMARTS) is 1. The molecule has 7 heteroatoms. The molecule has 0 aromatic heterocycles. The van der Waals surface area contributed by atoms with E-state index in [1.54, 1.807) is 4.90 Å². The van der Waals surface area contributed by atoms with E-state index in [2.05, 4.69) is 4.90 Å². The highest BCUT2D eigenvalue weighted by Crippen LogP contribution is 2.39. The topological polar surface area (TPSA) is 60.9 Å². The molecule has 1 atom stereocenters. The number of carbonyl (C=O) groups is 2. The van der Waals surface area contributed by atoms with Crippen LogP contribution >= 0.6 is 12.4 Å². The number of carbonyl (C=O) groups excluding carboxylic acids is 1. The third-order valence-electron chi connectivity index (χ3n) is 6.66. The fourth-order valence-corrected chi connectivity index (χ4v) is 5.28. The molecule has 28 heavy (non-hydrogen) atoms. The second-order valence-electron chi connectivity index (χ2n) is 8.17. The molecule has 0 spiro atoms. The van der Waals surface area contributed by atoms with Crippen molar-refractivity contribution >= 4 is 24.3 Å². The van der Waals surface area contributed by atoms with E-state index in [0.717, 1.165) is 32.0 Å². The fraction of sp³-hybridized carbons (Fsp3) is 0.619. The maximum absolute atomic E-state index is 13.9. The van der Waals surface area contributed by atoms with E-state index < -0.39 is 11.8 Å². The third kappa shape index (κ3) is 3.64. The molecule has 3 aliphatic rings. The molecule has 1 aliphatic carbocycles. The summed E-state index contributed by atoms with van der Waals surface area (Å²) in [5, 5.41) is 9.41. The lowest BCUT2D eigenvalue weighted by atomic mass is 9.91. The van der Waals surface area contributed by atoms with Crippen molar-refractivity contribution < 1.29 is 19.1 Å². The summed E-state index contributed by atoms with van der Waals surface area (Å²) in [6, 6.07) is 2.76. The SMILES string of the molecule is CC1c2cc(F)cc(C(=O)O)c2C(=O)N1C1CCN(C2CCCCC2)CC1.Cl. The zero-order valence-corrected chi connectivity index (χ0v) is 17.0. The third-order valence-corrected chi connectivity index (χ3v) is 6.66. The van der Waals surface area contributed by atoms with Crippen LogP contribution in [-0.2, 0) is 0 Å². The van der Waals surface area contributed by atoms with Gasteiger partial charge in [0, 0.05) is 25.2 Å². The van der Waals surface area contributed by atoms with Crippen molar-refractivity contribution in [1.82, 2.24) is 9.80 Å². The Kier molecular flexibility index (Phi) is 6.30. The number of hydrogen-bond acceptors (Lipinski definition) is 3. The standard InChI is InChI=1S/C21H27FN2O3.ClH/c1-13-17-11-14(22)12-18(21(26)27)19(17)20(25)24(13)16-7-9-23(10-8-16)15-5-3-2-4-6-15;/h11-13,15-16H,2-10H2,1H3,(H,26,27);1H. The van der Waals surface area contributed by atoms with Crippen molar-refractivity contribution in [3.8, 4) is 0 Å². The molecule has 1 N–H and O–H groups in total. The van der Waals surface area contributed by atoms with Crippen LogP contribution in [-0.4, -0.2) is 52.0 Å². The Morgan fingerprint density at radius 3 is 2.32 bits per heavy atom. The zero-order chi connectivity index (χ0) is 19.1. The summed E-state index contributed by atoms with van der Waals surface area (Å²) in [4.78, 5) is 28.9. The minimum atomic E-state index is -1.25. The first kappa shape index (κ1) is 21.1. The molecule has 5 nitrogen and oxygen atoms in total. The number of nitrogens with zero attached hydrogens (tertiary/aromatic N) is 2. The molecule has 1 saturated heterocycles. The Balaban J connectivity index is 0.00000225. The smallest absolute Gasteiger partial charge is 0.336 e. The van der Waals surface area contributed by atoms with Gasteiger partial charge in [-0.05, 0) is 50.3 Å². The molecule has 2 aliphatic heterocycles. The molecule has 1 aromatic carbocycles. The molecular formula is C21H28ClFN2O3. The lowest BCUT2D eigenvalue weighted by Crippen LogP contribution is -2.49. The van der Waals surface area contributed by atoms with Crippen LogP contribution in [0.25, 0.3) is 0 Å². The van der Waals surface area contributed by atoms with Crippen molar-refractivity contribution in [2.24, 2.45) is 0 Å². The highest BCUT2D eigenvalue weighted by Gasteiger charge is 2.42. The predicted molar refractivity (Wildman–Crippen MR) is 107 cm³/mol. The zero-order valence-electron chi connectivity index (χ0n) is 16.2. The Bertz CT molecular complexity index is 758. The summed E-state index contributed by atoms with van der Waals surface area (Å²) >= 11 is 0. The molecule has 4 rings (SSSR count). The molecule has 0 radical (unpaired) electrons. The van der Waals surface area contributed by atoms with Crippen LogP contribution in [0, 0.1) is 5.82 Å². The van der Waals surface area contributed by atoms with Crippen LogP contribution in [0.2, 0.25) is 0 Å². The Morgan fingerprint density at radius 1 is 1.07 bits per heavy atom. The summed E-state index contributed by atoms with van der Waals surface area (Å²) in [6.07, 6.45) is 8.30. The van der Waals surface area contributed by atoms with Gasteiger partial charge in [-0.2, -0.15) is 0 Å². The molecule has 2 fully saturated rings. The van der Waals surface area contributed by atoms with Gasteiger partial charge in [0.1, 0.15) is 5.82 Å². The van der Waals surface area contributed by atoms with E-state index in [4.69, 9.17) is 0 Å². The average molecular weight is 411 g/mol. The van der Waals surface area contributed by atoms with Crippen LogP contribution in [0.15, 0.2) is 12.1 Å². The van der Waals surface area contributed by atoms with Gasteiger partial charge in [-0.15, -0.1) is 12.4 Å². The highest BCUT2D eigenvalue weighted by atomic mass is 35.5. The Hall–Kier alpha value is -1.66. The van der Waals surface area contributed by atoms with Crippen molar-refractivity contribution in [2.75, 3.05) is 13.1 Å². The van der Waals surface area contributed by atoms with Crippen LogP contribution in [0.3, 0.4) is 0 Å². The van der Waals surface area contributed by atoms with E-state index in [9.17, 15) is 19.1 Å². The number of aromatic carboxylic acids is 1. The molecule has 1 unspecified atom stereocenters. The van der Waals surface area contributed by atoms with E-state index in [0.29, 0.717) is 11.6 Å². The van der Waals surface area contributed by atoms with Crippen LogP contribution in [0.1, 0.15) is 84.2 Å². The van der Waals surface area contributed by atoms with Crippen molar-refractivity contribution in [2.45, 2.75) is 70.0 Å². The molecule has 1 saturated carbocycles. The summed E-state index contributed by atoms with van der Waals surface area (Å²) in [6.45, 7) is 3.83. The number of likely N-dealkylation sites (tertiary alicyclic amines) is 1. The normalized spacial score (nSPS) is 24.1. The minimum absolute atomic E-state index is 0. The minimum Gasteiger partial charge on any atom is -0.478 e. The number of rotatable bonds is 3. The summed E-state index contributed by atoms with van der Waals surface area (Å²) in [5.74, 6) is -2.11. The first-order valence-electron chi connectivity index (χ1n) is 10.1. The molecular weight excluding hydrogens is 383 g/mol. The first-order chi connectivity index (χ1) is 13.0. The maximum atomic E-state index is 13.9. The monoisotopic (exact) mass is 410 g/mol. The van der Waals surface area contributed by atoms with Gasteiger partial charge in [-0.1, -0.05) is 19.3 Å². The first-order valence-corrected chi connectivity index (χ1v) is 10.1. The molecule has 0 bridgehead atoms. The lowest BCUT2D eigenvalue weighted by molar-refractivity contribution is 0.0425. The molecule has 2 heterocycles. The van der Waals surface area contributed by atoms with Gasteiger partial charge in [0.2, 0.25) is 0 Å². The van der Waals surface area contributed by atoms with Crippen LogP contribution in [0.4, 0.5) is 4.39 Å². The van der Waals surface area contributed by atoms with Crippen LogP contribution in [0.5, 0.6) is 0 Å². The second-order valence-corrected chi connectivity index (χ2v) is 8.17. The van der Waals surface area contributed by atoms with Gasteiger partial charge in [0.05, 0.1) is 17.2 Å². The second kappa shape index (κ2) is 8.37. The Morgan fingerprint density at radius 2 is 1.71 bits per heavy atom. The number of piperidine rings is 1.